The predicted octanol–water partition coefficient (Wildman–Crippen LogP) is 2.71. The Hall–Kier alpha value is -2.69. The van der Waals surface area contributed by atoms with Gasteiger partial charge in [-0.25, -0.2) is 0 Å². The van der Waals surface area contributed by atoms with Gasteiger partial charge in [0.25, 0.3) is 0 Å². The molecule has 0 aliphatic carbocycles. The summed E-state index contributed by atoms with van der Waals surface area (Å²) in [5, 5.41) is 9.98. The standard InChI is InChI=1S/C19H21NO4/c1-23-15-4-5-16-14(11-15)7-8-20(12-21)17(16)9-13-3-6-19(24-2)18(22)10-13/h3-6,10-12,17,22H,7-9H2,1-2H3/t17-/m0/s1. The number of benzene rings is 2. The second-order valence-electron chi connectivity index (χ2n) is 5.88. The van der Waals surface area contributed by atoms with Crippen molar-refractivity contribution in [3.8, 4) is 17.2 Å². The maximum absolute atomic E-state index is 11.5. The third-order valence-electron chi connectivity index (χ3n) is 4.56. The molecule has 2 aromatic rings. The van der Waals surface area contributed by atoms with Crippen LogP contribution in [-0.4, -0.2) is 37.2 Å². The maximum atomic E-state index is 11.5. The Bertz CT molecular complexity index is 744. The highest BCUT2D eigenvalue weighted by atomic mass is 16.5. The van der Waals surface area contributed by atoms with E-state index >= 15 is 0 Å². The first-order valence-electron chi connectivity index (χ1n) is 7.90. The molecule has 3 rings (SSSR count). The van der Waals surface area contributed by atoms with Crippen molar-refractivity contribution in [1.29, 1.82) is 0 Å². The second-order valence-corrected chi connectivity index (χ2v) is 5.88. The van der Waals surface area contributed by atoms with Crippen LogP contribution >= 0.6 is 0 Å². The predicted molar refractivity (Wildman–Crippen MR) is 90.6 cm³/mol. The van der Waals surface area contributed by atoms with Crippen LogP contribution in [0.1, 0.15) is 22.7 Å². The molecule has 0 radical (unpaired) electrons. The highest BCUT2D eigenvalue weighted by Gasteiger charge is 2.27. The summed E-state index contributed by atoms with van der Waals surface area (Å²) in [6, 6.07) is 11.3. The molecule has 1 N–H and O–H groups in total. The zero-order valence-electron chi connectivity index (χ0n) is 13.9. The molecule has 1 amide bonds. The summed E-state index contributed by atoms with van der Waals surface area (Å²) in [6.45, 7) is 0.677. The molecule has 0 bridgehead atoms. The van der Waals surface area contributed by atoms with Gasteiger partial charge in [-0.1, -0.05) is 12.1 Å². The molecule has 1 aliphatic rings. The van der Waals surface area contributed by atoms with Gasteiger partial charge >= 0.3 is 0 Å². The summed E-state index contributed by atoms with van der Waals surface area (Å²) in [6.07, 6.45) is 2.35. The third-order valence-corrected chi connectivity index (χ3v) is 4.56. The van der Waals surface area contributed by atoms with Crippen molar-refractivity contribution in [3.63, 3.8) is 0 Å². The fourth-order valence-electron chi connectivity index (χ4n) is 3.27. The van der Waals surface area contributed by atoms with E-state index in [1.807, 2.05) is 29.2 Å². The van der Waals surface area contributed by atoms with E-state index in [0.29, 0.717) is 18.7 Å². The molecular weight excluding hydrogens is 306 g/mol. The molecule has 0 saturated carbocycles. The smallest absolute Gasteiger partial charge is 0.210 e. The topological polar surface area (TPSA) is 59.0 Å². The molecule has 1 heterocycles. The van der Waals surface area contributed by atoms with Crippen LogP contribution in [0.4, 0.5) is 0 Å². The molecule has 1 atom stereocenters. The molecule has 1 aliphatic heterocycles. The van der Waals surface area contributed by atoms with Gasteiger partial charge in [0.05, 0.1) is 20.3 Å². The van der Waals surface area contributed by atoms with Crippen molar-refractivity contribution >= 4 is 6.41 Å². The fraction of sp³-hybridized carbons (Fsp3) is 0.316. The number of carbonyl (C=O) groups is 1. The van der Waals surface area contributed by atoms with Crippen LogP contribution < -0.4 is 9.47 Å². The molecule has 5 heteroatoms. The quantitative estimate of drug-likeness (QED) is 0.858. The summed E-state index contributed by atoms with van der Waals surface area (Å²) in [5.41, 5.74) is 3.29. The van der Waals surface area contributed by atoms with E-state index in [2.05, 4.69) is 0 Å². The number of rotatable bonds is 5. The van der Waals surface area contributed by atoms with Crippen molar-refractivity contribution in [3.05, 3.63) is 53.1 Å². The van der Waals surface area contributed by atoms with Gasteiger partial charge in [-0.05, 0) is 53.8 Å². The lowest BCUT2D eigenvalue weighted by Gasteiger charge is -2.35. The van der Waals surface area contributed by atoms with Crippen LogP contribution in [0.15, 0.2) is 36.4 Å². The van der Waals surface area contributed by atoms with Crippen LogP contribution in [-0.2, 0) is 17.6 Å². The van der Waals surface area contributed by atoms with Crippen LogP contribution in [0.25, 0.3) is 0 Å². The number of carbonyl (C=O) groups excluding carboxylic acids is 1. The van der Waals surface area contributed by atoms with Crippen molar-refractivity contribution in [2.24, 2.45) is 0 Å². The first-order valence-corrected chi connectivity index (χ1v) is 7.90. The first-order chi connectivity index (χ1) is 11.7. The van der Waals surface area contributed by atoms with E-state index in [0.717, 1.165) is 29.7 Å². The first kappa shape index (κ1) is 16.2. The van der Waals surface area contributed by atoms with Gasteiger partial charge in [0, 0.05) is 6.54 Å². The van der Waals surface area contributed by atoms with Gasteiger partial charge in [0.2, 0.25) is 6.41 Å². The fourth-order valence-corrected chi connectivity index (χ4v) is 3.27. The molecule has 0 aromatic heterocycles. The number of nitrogens with zero attached hydrogens (tertiary/aromatic N) is 1. The monoisotopic (exact) mass is 327 g/mol. The number of hydrogen-bond donors (Lipinski definition) is 1. The minimum Gasteiger partial charge on any atom is -0.504 e. The van der Waals surface area contributed by atoms with E-state index < -0.39 is 0 Å². The average molecular weight is 327 g/mol. The van der Waals surface area contributed by atoms with E-state index in [-0.39, 0.29) is 11.8 Å². The second kappa shape index (κ2) is 6.83. The number of ether oxygens (including phenoxy) is 2. The number of phenolic OH excluding ortho intramolecular Hbond substituents is 1. The highest BCUT2D eigenvalue weighted by molar-refractivity contribution is 5.53. The molecule has 24 heavy (non-hydrogen) atoms. The number of methoxy groups -OCH3 is 2. The molecule has 2 aromatic carbocycles. The Morgan fingerprint density at radius 1 is 1.21 bits per heavy atom. The van der Waals surface area contributed by atoms with Gasteiger partial charge in [0.1, 0.15) is 5.75 Å². The average Bonchev–Trinajstić information content (AvgIpc) is 2.61. The molecule has 5 nitrogen and oxygen atoms in total. The molecule has 126 valence electrons. The van der Waals surface area contributed by atoms with Crippen LogP contribution in [0.2, 0.25) is 0 Å². The van der Waals surface area contributed by atoms with Crippen LogP contribution in [0, 0.1) is 0 Å². The van der Waals surface area contributed by atoms with Crippen molar-refractivity contribution in [1.82, 2.24) is 4.90 Å². The summed E-state index contributed by atoms with van der Waals surface area (Å²) in [5.74, 6) is 1.38. The minimum atomic E-state index is -0.0510. The number of amides is 1. The summed E-state index contributed by atoms with van der Waals surface area (Å²) in [7, 11) is 3.17. The largest absolute Gasteiger partial charge is 0.504 e. The number of aromatic hydroxyl groups is 1. The Morgan fingerprint density at radius 3 is 2.71 bits per heavy atom. The zero-order valence-corrected chi connectivity index (χ0v) is 13.9. The molecule has 0 saturated heterocycles. The van der Waals surface area contributed by atoms with Crippen LogP contribution in [0.3, 0.4) is 0 Å². The van der Waals surface area contributed by atoms with Crippen molar-refractivity contribution in [2.45, 2.75) is 18.9 Å². The molecule has 0 unspecified atom stereocenters. The van der Waals surface area contributed by atoms with E-state index in [9.17, 15) is 9.90 Å². The summed E-state index contributed by atoms with van der Waals surface area (Å²) >= 11 is 0. The Morgan fingerprint density at radius 2 is 2.04 bits per heavy atom. The van der Waals surface area contributed by atoms with Gasteiger partial charge in [-0.2, -0.15) is 0 Å². The van der Waals surface area contributed by atoms with Gasteiger partial charge in [0.15, 0.2) is 11.5 Å². The maximum Gasteiger partial charge on any atom is 0.210 e. The Balaban J connectivity index is 1.93. The van der Waals surface area contributed by atoms with Crippen LogP contribution in [0.5, 0.6) is 17.2 Å². The van der Waals surface area contributed by atoms with E-state index in [1.165, 1.54) is 12.7 Å². The highest BCUT2D eigenvalue weighted by Crippen LogP contribution is 2.35. The van der Waals surface area contributed by atoms with Gasteiger partial charge in [-0.15, -0.1) is 0 Å². The van der Waals surface area contributed by atoms with E-state index in [1.54, 1.807) is 19.2 Å². The normalized spacial score (nSPS) is 16.4. The van der Waals surface area contributed by atoms with Crippen molar-refractivity contribution < 1.29 is 19.4 Å². The molecule has 0 fully saturated rings. The SMILES string of the molecule is COc1ccc2c(c1)CCN(C=O)[C@H]2Cc1ccc(OC)c(O)c1. The zero-order chi connectivity index (χ0) is 17.1. The Labute approximate surface area is 141 Å². The van der Waals surface area contributed by atoms with E-state index in [4.69, 9.17) is 9.47 Å². The minimum absolute atomic E-state index is 0.0510. The lowest BCUT2D eigenvalue weighted by atomic mass is 9.89. The summed E-state index contributed by atoms with van der Waals surface area (Å²) < 4.78 is 10.4. The molecular formula is C19H21NO4. The number of hydrogen-bond acceptors (Lipinski definition) is 4. The summed E-state index contributed by atoms with van der Waals surface area (Å²) in [4.78, 5) is 13.3. The Kier molecular flexibility index (Phi) is 4.60. The lowest BCUT2D eigenvalue weighted by Crippen LogP contribution is -2.35. The lowest BCUT2D eigenvalue weighted by molar-refractivity contribution is -0.120. The van der Waals surface area contributed by atoms with Crippen molar-refractivity contribution in [2.75, 3.05) is 20.8 Å². The molecule has 0 spiro atoms. The van der Waals surface area contributed by atoms with Gasteiger partial charge in [-0.3, -0.25) is 4.79 Å². The van der Waals surface area contributed by atoms with Gasteiger partial charge < -0.3 is 19.5 Å². The number of fused-ring (bicyclic) bond motifs is 1. The third kappa shape index (κ3) is 3.02. The number of phenols is 1.